The third-order valence-electron chi connectivity index (χ3n) is 3.29. The third kappa shape index (κ3) is 3.98. The minimum atomic E-state index is -0.679. The molecule has 0 amide bonds. The van der Waals surface area contributed by atoms with Gasteiger partial charge >= 0.3 is 5.97 Å². The molecule has 1 aromatic carbocycles. The van der Waals surface area contributed by atoms with E-state index in [1.165, 1.54) is 18.2 Å². The van der Waals surface area contributed by atoms with Crippen LogP contribution in [0.1, 0.15) is 31.2 Å². The fraction of sp³-hybridized carbons (Fsp3) is 0.333. The lowest BCUT2D eigenvalue weighted by atomic mass is 9.96. The van der Waals surface area contributed by atoms with Crippen molar-refractivity contribution in [2.75, 3.05) is 0 Å². The molecule has 1 fully saturated rings. The predicted octanol–water partition coefficient (Wildman–Crippen LogP) is 2.66. The maximum atomic E-state index is 11.7. The number of carbonyl (C=O) groups excluding carboxylic acids is 2. The Balaban J connectivity index is 2.02. The number of esters is 1. The van der Waals surface area contributed by atoms with Crippen LogP contribution < -0.4 is 0 Å². The van der Waals surface area contributed by atoms with Crippen LogP contribution in [0.3, 0.4) is 0 Å². The Bertz CT molecular complexity index is 593. The van der Waals surface area contributed by atoms with Gasteiger partial charge in [0.2, 0.25) is 0 Å². The zero-order valence-corrected chi connectivity index (χ0v) is 11.4. The quantitative estimate of drug-likeness (QED) is 0.368. The maximum Gasteiger partial charge on any atom is 0.331 e. The second-order valence-electron chi connectivity index (χ2n) is 4.79. The molecule has 0 N–H and O–H groups in total. The summed E-state index contributed by atoms with van der Waals surface area (Å²) in [7, 11) is 0. The molecule has 1 aliphatic carbocycles. The SMILES string of the molecule is O=C(/C=C/c1ccccc1[N+](=O)[O-])OC1CCCCC1=O. The van der Waals surface area contributed by atoms with Gasteiger partial charge in [0, 0.05) is 18.6 Å². The number of Topliss-reactive ketones (excluding diaryl/α,β-unsaturated/α-hetero) is 1. The molecule has 0 radical (unpaired) electrons. The summed E-state index contributed by atoms with van der Waals surface area (Å²) in [5.74, 6) is -0.720. The van der Waals surface area contributed by atoms with Crippen LogP contribution in [0, 0.1) is 10.1 Å². The van der Waals surface area contributed by atoms with Gasteiger partial charge in [-0.25, -0.2) is 4.79 Å². The lowest BCUT2D eigenvalue weighted by Crippen LogP contribution is -2.29. The van der Waals surface area contributed by atoms with Gasteiger partial charge in [-0.3, -0.25) is 14.9 Å². The first-order valence-electron chi connectivity index (χ1n) is 6.73. The van der Waals surface area contributed by atoms with Crippen molar-refractivity contribution in [3.8, 4) is 0 Å². The fourth-order valence-electron chi connectivity index (χ4n) is 2.21. The highest BCUT2D eigenvalue weighted by molar-refractivity contribution is 5.91. The fourth-order valence-corrected chi connectivity index (χ4v) is 2.21. The zero-order valence-electron chi connectivity index (χ0n) is 11.4. The van der Waals surface area contributed by atoms with E-state index < -0.39 is 17.0 Å². The molecule has 110 valence electrons. The molecule has 1 atom stereocenters. The predicted molar refractivity (Wildman–Crippen MR) is 75.5 cm³/mol. The summed E-state index contributed by atoms with van der Waals surface area (Å²) in [5, 5.41) is 10.8. The molecule has 1 aromatic rings. The van der Waals surface area contributed by atoms with Crippen LogP contribution in [-0.4, -0.2) is 22.8 Å². The molecule has 6 heteroatoms. The number of para-hydroxylation sites is 1. The van der Waals surface area contributed by atoms with Gasteiger partial charge in [0.05, 0.1) is 10.5 Å². The largest absolute Gasteiger partial charge is 0.451 e. The summed E-state index contributed by atoms with van der Waals surface area (Å²) in [6, 6.07) is 6.08. The first-order chi connectivity index (χ1) is 10.1. The normalized spacial score (nSPS) is 18.7. The smallest absolute Gasteiger partial charge is 0.331 e. The molecule has 0 spiro atoms. The minimum absolute atomic E-state index is 0.0614. The van der Waals surface area contributed by atoms with Gasteiger partial charge in [-0.05, 0) is 31.4 Å². The van der Waals surface area contributed by atoms with E-state index in [0.717, 1.165) is 18.9 Å². The molecular formula is C15H15NO5. The summed E-state index contributed by atoms with van der Waals surface area (Å²) >= 11 is 0. The highest BCUT2D eigenvalue weighted by Crippen LogP contribution is 2.20. The third-order valence-corrected chi connectivity index (χ3v) is 3.29. The van der Waals surface area contributed by atoms with Crippen LogP contribution in [0.15, 0.2) is 30.3 Å². The van der Waals surface area contributed by atoms with Crippen molar-refractivity contribution in [2.24, 2.45) is 0 Å². The molecule has 0 aliphatic heterocycles. The second-order valence-corrected chi connectivity index (χ2v) is 4.79. The minimum Gasteiger partial charge on any atom is -0.451 e. The Labute approximate surface area is 121 Å². The van der Waals surface area contributed by atoms with Crippen LogP contribution in [0.25, 0.3) is 6.08 Å². The van der Waals surface area contributed by atoms with Crippen LogP contribution in [-0.2, 0) is 14.3 Å². The number of nitro groups is 1. The van der Waals surface area contributed by atoms with Crippen molar-refractivity contribution >= 4 is 23.5 Å². The average molecular weight is 289 g/mol. The van der Waals surface area contributed by atoms with Gasteiger partial charge in [0.25, 0.3) is 5.69 Å². The number of carbonyl (C=O) groups is 2. The maximum absolute atomic E-state index is 11.7. The van der Waals surface area contributed by atoms with Gasteiger partial charge in [-0.15, -0.1) is 0 Å². The van der Waals surface area contributed by atoms with E-state index in [-0.39, 0.29) is 11.5 Å². The Kier molecular flexibility index (Phi) is 4.81. The van der Waals surface area contributed by atoms with Crippen LogP contribution in [0.5, 0.6) is 0 Å². The lowest BCUT2D eigenvalue weighted by molar-refractivity contribution is -0.385. The Hall–Kier alpha value is -2.50. The van der Waals surface area contributed by atoms with Crippen LogP contribution in [0.4, 0.5) is 5.69 Å². The second kappa shape index (κ2) is 6.78. The number of nitrogens with zero attached hydrogens (tertiary/aromatic N) is 1. The van der Waals surface area contributed by atoms with Crippen molar-refractivity contribution in [3.05, 3.63) is 46.0 Å². The molecule has 0 saturated heterocycles. The molecule has 1 saturated carbocycles. The number of ketones is 1. The summed E-state index contributed by atoms with van der Waals surface area (Å²) in [6.45, 7) is 0. The lowest BCUT2D eigenvalue weighted by Gasteiger charge is -2.19. The zero-order chi connectivity index (χ0) is 15.2. The first kappa shape index (κ1) is 14.9. The molecule has 6 nitrogen and oxygen atoms in total. The van der Waals surface area contributed by atoms with E-state index in [4.69, 9.17) is 4.74 Å². The number of ether oxygens (including phenoxy) is 1. The van der Waals surface area contributed by atoms with Gasteiger partial charge in [-0.2, -0.15) is 0 Å². The van der Waals surface area contributed by atoms with Gasteiger partial charge in [-0.1, -0.05) is 12.1 Å². The summed E-state index contributed by atoms with van der Waals surface area (Å²) in [6.07, 6.45) is 4.44. The number of hydrogen-bond donors (Lipinski definition) is 0. The van der Waals surface area contributed by atoms with Gasteiger partial charge in [0.1, 0.15) is 0 Å². The highest BCUT2D eigenvalue weighted by Gasteiger charge is 2.25. The van der Waals surface area contributed by atoms with Crippen molar-refractivity contribution in [1.82, 2.24) is 0 Å². The van der Waals surface area contributed by atoms with E-state index in [2.05, 4.69) is 0 Å². The Morgan fingerprint density at radius 1 is 1.33 bits per heavy atom. The number of nitro benzene ring substituents is 1. The van der Waals surface area contributed by atoms with Crippen LogP contribution in [0.2, 0.25) is 0 Å². The molecule has 0 heterocycles. The van der Waals surface area contributed by atoms with E-state index in [9.17, 15) is 19.7 Å². The Morgan fingerprint density at radius 3 is 2.81 bits per heavy atom. The van der Waals surface area contributed by atoms with Gasteiger partial charge < -0.3 is 4.74 Å². The summed E-state index contributed by atoms with van der Waals surface area (Å²) in [4.78, 5) is 33.6. The molecule has 1 unspecified atom stereocenters. The van der Waals surface area contributed by atoms with Crippen molar-refractivity contribution in [3.63, 3.8) is 0 Å². The molecular weight excluding hydrogens is 274 g/mol. The van der Waals surface area contributed by atoms with E-state index in [0.29, 0.717) is 18.4 Å². The molecule has 0 aromatic heterocycles. The van der Waals surface area contributed by atoms with E-state index in [1.807, 2.05) is 0 Å². The number of hydrogen-bond acceptors (Lipinski definition) is 5. The average Bonchev–Trinajstić information content (AvgIpc) is 2.48. The first-order valence-corrected chi connectivity index (χ1v) is 6.73. The molecule has 2 rings (SSSR count). The van der Waals surface area contributed by atoms with E-state index >= 15 is 0 Å². The monoisotopic (exact) mass is 289 g/mol. The van der Waals surface area contributed by atoms with Crippen LogP contribution >= 0.6 is 0 Å². The van der Waals surface area contributed by atoms with Crippen molar-refractivity contribution in [2.45, 2.75) is 31.8 Å². The van der Waals surface area contributed by atoms with Crippen molar-refractivity contribution < 1.29 is 19.2 Å². The summed E-state index contributed by atoms with van der Waals surface area (Å²) in [5.41, 5.74) is 0.227. The van der Waals surface area contributed by atoms with E-state index in [1.54, 1.807) is 12.1 Å². The molecule has 1 aliphatic rings. The topological polar surface area (TPSA) is 86.5 Å². The standard InChI is InChI=1S/C15H15NO5/c17-13-7-3-4-8-14(13)21-15(18)10-9-11-5-1-2-6-12(11)16(19)20/h1-2,5-6,9-10,14H,3-4,7-8H2/b10-9+. The summed E-state index contributed by atoms with van der Waals surface area (Å²) < 4.78 is 5.08. The highest BCUT2D eigenvalue weighted by atomic mass is 16.6. The Morgan fingerprint density at radius 2 is 2.10 bits per heavy atom. The number of rotatable bonds is 4. The van der Waals surface area contributed by atoms with Crippen molar-refractivity contribution in [1.29, 1.82) is 0 Å². The van der Waals surface area contributed by atoms with Gasteiger partial charge in [0.15, 0.2) is 11.9 Å². The molecule has 0 bridgehead atoms. The number of benzene rings is 1. The molecule has 21 heavy (non-hydrogen) atoms.